The third-order valence-corrected chi connectivity index (χ3v) is 2.50. The molecule has 0 aliphatic rings. The maximum atomic E-state index is 9.49. The summed E-state index contributed by atoms with van der Waals surface area (Å²) in [6.45, 7) is 1.70. The van der Waals surface area contributed by atoms with Gasteiger partial charge in [-0.05, 0) is 30.7 Å². The molecule has 0 unspecified atom stereocenters. The fraction of sp³-hybridized carbons (Fsp3) is 0.214. The smallest absolute Gasteiger partial charge is 0.219 e. The topological polar surface area (TPSA) is 51.6 Å². The lowest BCUT2D eigenvalue weighted by Crippen LogP contribution is -1.94. The van der Waals surface area contributed by atoms with Crippen LogP contribution in [-0.4, -0.2) is 17.2 Å². The summed E-state index contributed by atoms with van der Waals surface area (Å²) in [5, 5.41) is 9.49. The highest BCUT2D eigenvalue weighted by Crippen LogP contribution is 2.25. The van der Waals surface area contributed by atoms with Crippen LogP contribution in [0.5, 0.6) is 17.4 Å². The molecule has 1 atom stereocenters. The van der Waals surface area contributed by atoms with E-state index in [0.29, 0.717) is 11.6 Å². The van der Waals surface area contributed by atoms with Crippen molar-refractivity contribution in [2.24, 2.45) is 0 Å². The molecule has 0 fully saturated rings. The van der Waals surface area contributed by atoms with Crippen LogP contribution in [0.1, 0.15) is 18.6 Å². The van der Waals surface area contributed by atoms with Gasteiger partial charge in [-0.2, -0.15) is 0 Å². The maximum Gasteiger partial charge on any atom is 0.219 e. The average molecular weight is 245 g/mol. The molecular formula is C14H15NO3. The van der Waals surface area contributed by atoms with Gasteiger partial charge in [0.2, 0.25) is 5.88 Å². The van der Waals surface area contributed by atoms with Gasteiger partial charge < -0.3 is 14.6 Å². The van der Waals surface area contributed by atoms with Crippen molar-refractivity contribution >= 4 is 0 Å². The van der Waals surface area contributed by atoms with E-state index in [1.165, 1.54) is 0 Å². The zero-order valence-electron chi connectivity index (χ0n) is 10.3. The van der Waals surface area contributed by atoms with Gasteiger partial charge in [-0.25, -0.2) is 4.98 Å². The molecule has 2 rings (SSSR count). The number of rotatable bonds is 4. The Bertz CT molecular complexity index is 526. The van der Waals surface area contributed by atoms with E-state index >= 15 is 0 Å². The predicted molar refractivity (Wildman–Crippen MR) is 67.9 cm³/mol. The molecule has 0 saturated carbocycles. The zero-order valence-corrected chi connectivity index (χ0v) is 10.3. The number of pyridine rings is 1. The van der Waals surface area contributed by atoms with Crippen LogP contribution < -0.4 is 9.47 Å². The SMILES string of the molecule is COc1cccc(Oc2cc([C@H](C)O)ccn2)c1. The fourth-order valence-corrected chi connectivity index (χ4v) is 1.53. The van der Waals surface area contributed by atoms with Crippen molar-refractivity contribution in [1.82, 2.24) is 4.98 Å². The number of nitrogens with zero attached hydrogens (tertiary/aromatic N) is 1. The first-order chi connectivity index (χ1) is 8.69. The second-order valence-corrected chi connectivity index (χ2v) is 3.88. The van der Waals surface area contributed by atoms with E-state index in [9.17, 15) is 5.11 Å². The molecule has 1 aromatic heterocycles. The molecule has 0 saturated heterocycles. The van der Waals surface area contributed by atoms with E-state index in [0.717, 1.165) is 11.3 Å². The summed E-state index contributed by atoms with van der Waals surface area (Å²) in [7, 11) is 1.60. The molecule has 18 heavy (non-hydrogen) atoms. The largest absolute Gasteiger partial charge is 0.497 e. The van der Waals surface area contributed by atoms with Crippen molar-refractivity contribution < 1.29 is 14.6 Å². The molecule has 0 spiro atoms. The van der Waals surface area contributed by atoms with Gasteiger partial charge in [0, 0.05) is 18.3 Å². The Hall–Kier alpha value is -2.07. The first kappa shape index (κ1) is 12.4. The number of methoxy groups -OCH3 is 1. The number of aliphatic hydroxyl groups excluding tert-OH is 1. The second kappa shape index (κ2) is 5.51. The third kappa shape index (κ3) is 2.99. The van der Waals surface area contributed by atoms with Gasteiger partial charge in [0.15, 0.2) is 0 Å². The van der Waals surface area contributed by atoms with Crippen molar-refractivity contribution in [3.05, 3.63) is 48.2 Å². The normalized spacial score (nSPS) is 11.9. The van der Waals surface area contributed by atoms with Crippen molar-refractivity contribution in [2.45, 2.75) is 13.0 Å². The lowest BCUT2D eigenvalue weighted by molar-refractivity contribution is 0.198. The van der Waals surface area contributed by atoms with Crippen LogP contribution in [0, 0.1) is 0 Å². The van der Waals surface area contributed by atoms with Crippen LogP contribution in [0.2, 0.25) is 0 Å². The first-order valence-electron chi connectivity index (χ1n) is 5.65. The zero-order chi connectivity index (χ0) is 13.0. The molecule has 0 amide bonds. The van der Waals surface area contributed by atoms with Gasteiger partial charge >= 0.3 is 0 Å². The van der Waals surface area contributed by atoms with E-state index in [4.69, 9.17) is 9.47 Å². The van der Waals surface area contributed by atoms with E-state index in [2.05, 4.69) is 4.98 Å². The molecule has 94 valence electrons. The minimum Gasteiger partial charge on any atom is -0.497 e. The Balaban J connectivity index is 2.20. The van der Waals surface area contributed by atoms with Crippen molar-refractivity contribution in [1.29, 1.82) is 0 Å². The van der Waals surface area contributed by atoms with Crippen LogP contribution in [-0.2, 0) is 0 Å². The summed E-state index contributed by atoms with van der Waals surface area (Å²) in [6.07, 6.45) is 1.07. The summed E-state index contributed by atoms with van der Waals surface area (Å²) < 4.78 is 10.7. The minimum atomic E-state index is -0.541. The van der Waals surface area contributed by atoms with Gasteiger partial charge in [0.05, 0.1) is 13.2 Å². The van der Waals surface area contributed by atoms with Gasteiger partial charge in [0.1, 0.15) is 11.5 Å². The number of hydrogen-bond donors (Lipinski definition) is 1. The number of hydrogen-bond acceptors (Lipinski definition) is 4. The standard InChI is InChI=1S/C14H15NO3/c1-10(16)11-6-7-15-14(8-11)18-13-5-3-4-12(9-13)17-2/h3-10,16H,1-2H3/t10-/m0/s1. The Morgan fingerprint density at radius 1 is 1.17 bits per heavy atom. The molecule has 2 aromatic rings. The van der Waals surface area contributed by atoms with E-state index in [1.54, 1.807) is 38.4 Å². The Morgan fingerprint density at radius 3 is 2.67 bits per heavy atom. The van der Waals surface area contributed by atoms with Crippen LogP contribution in [0.3, 0.4) is 0 Å². The Morgan fingerprint density at radius 2 is 1.94 bits per heavy atom. The Labute approximate surface area is 106 Å². The molecule has 1 heterocycles. The number of aliphatic hydroxyl groups is 1. The summed E-state index contributed by atoms with van der Waals surface area (Å²) in [4.78, 5) is 4.10. The highest BCUT2D eigenvalue weighted by Gasteiger charge is 2.05. The highest BCUT2D eigenvalue weighted by atomic mass is 16.5. The maximum absolute atomic E-state index is 9.49. The average Bonchev–Trinajstić information content (AvgIpc) is 2.39. The van der Waals surface area contributed by atoms with Crippen LogP contribution in [0.4, 0.5) is 0 Å². The van der Waals surface area contributed by atoms with Crippen LogP contribution in [0.15, 0.2) is 42.6 Å². The van der Waals surface area contributed by atoms with Crippen molar-refractivity contribution in [2.75, 3.05) is 7.11 Å². The summed E-state index contributed by atoms with van der Waals surface area (Å²) >= 11 is 0. The van der Waals surface area contributed by atoms with Crippen molar-refractivity contribution in [3.8, 4) is 17.4 Å². The van der Waals surface area contributed by atoms with Crippen LogP contribution in [0.25, 0.3) is 0 Å². The molecule has 0 bridgehead atoms. The number of ether oxygens (including phenoxy) is 2. The van der Waals surface area contributed by atoms with Gasteiger partial charge in [-0.3, -0.25) is 0 Å². The molecule has 0 aliphatic carbocycles. The third-order valence-electron chi connectivity index (χ3n) is 2.50. The van der Waals surface area contributed by atoms with Gasteiger partial charge in [-0.1, -0.05) is 6.07 Å². The minimum absolute atomic E-state index is 0.446. The number of aromatic nitrogens is 1. The van der Waals surface area contributed by atoms with Gasteiger partial charge in [0.25, 0.3) is 0 Å². The van der Waals surface area contributed by atoms with Crippen molar-refractivity contribution in [3.63, 3.8) is 0 Å². The molecular weight excluding hydrogens is 230 g/mol. The van der Waals surface area contributed by atoms with E-state index < -0.39 is 6.10 Å². The van der Waals surface area contributed by atoms with E-state index in [-0.39, 0.29) is 0 Å². The van der Waals surface area contributed by atoms with Gasteiger partial charge in [-0.15, -0.1) is 0 Å². The lowest BCUT2D eigenvalue weighted by atomic mass is 10.2. The Kier molecular flexibility index (Phi) is 3.79. The summed E-state index contributed by atoms with van der Waals surface area (Å²) in [6, 6.07) is 10.7. The molecule has 1 aromatic carbocycles. The molecule has 0 aliphatic heterocycles. The molecule has 1 N–H and O–H groups in total. The number of benzene rings is 1. The monoisotopic (exact) mass is 245 g/mol. The highest BCUT2D eigenvalue weighted by molar-refractivity contribution is 5.35. The quantitative estimate of drug-likeness (QED) is 0.899. The van der Waals surface area contributed by atoms with E-state index in [1.807, 2.05) is 18.2 Å². The first-order valence-corrected chi connectivity index (χ1v) is 5.65. The predicted octanol–water partition coefficient (Wildman–Crippen LogP) is 2.94. The summed E-state index contributed by atoms with van der Waals surface area (Å²) in [5.41, 5.74) is 0.767. The molecule has 0 radical (unpaired) electrons. The second-order valence-electron chi connectivity index (χ2n) is 3.88. The summed E-state index contributed by atoms with van der Waals surface area (Å²) in [5.74, 6) is 1.81. The fourth-order valence-electron chi connectivity index (χ4n) is 1.53. The molecule has 4 nitrogen and oxygen atoms in total. The molecule has 4 heteroatoms. The van der Waals surface area contributed by atoms with Crippen LogP contribution >= 0.6 is 0 Å². The lowest BCUT2D eigenvalue weighted by Gasteiger charge is -2.09.